The fraction of sp³-hybridized carbons (Fsp3) is 0.385. The highest BCUT2D eigenvalue weighted by molar-refractivity contribution is 5.24. The zero-order chi connectivity index (χ0) is 13.4. The average molecular weight is 259 g/mol. The Morgan fingerprint density at radius 2 is 1.89 bits per heavy atom. The highest BCUT2D eigenvalue weighted by Gasteiger charge is 2.29. The van der Waals surface area contributed by atoms with Crippen LogP contribution in [0, 0.1) is 0 Å². The van der Waals surface area contributed by atoms with Crippen molar-refractivity contribution in [1.82, 2.24) is 5.32 Å². The first kappa shape index (κ1) is 14.7. The first-order valence-electron chi connectivity index (χ1n) is 5.59. The fourth-order valence-electron chi connectivity index (χ4n) is 1.36. The van der Waals surface area contributed by atoms with Gasteiger partial charge in [-0.3, -0.25) is 0 Å². The Labute approximate surface area is 104 Å². The summed E-state index contributed by atoms with van der Waals surface area (Å²) in [5, 5.41) is 3.08. The van der Waals surface area contributed by atoms with Gasteiger partial charge in [-0.2, -0.15) is 13.2 Å². The highest BCUT2D eigenvalue weighted by atomic mass is 19.4. The van der Waals surface area contributed by atoms with Crippen molar-refractivity contribution >= 4 is 0 Å². The quantitative estimate of drug-likeness (QED) is 0.600. The van der Waals surface area contributed by atoms with E-state index in [9.17, 15) is 13.2 Å². The molecular formula is C13H16F3NO. The van der Waals surface area contributed by atoms with Crippen molar-refractivity contribution in [3.05, 3.63) is 48.0 Å². The van der Waals surface area contributed by atoms with E-state index in [-0.39, 0.29) is 0 Å². The summed E-state index contributed by atoms with van der Waals surface area (Å²) >= 11 is 0. The molecule has 18 heavy (non-hydrogen) atoms. The van der Waals surface area contributed by atoms with Crippen LogP contribution in [0.4, 0.5) is 13.2 Å². The summed E-state index contributed by atoms with van der Waals surface area (Å²) in [6, 6.07) is 5.12. The predicted octanol–water partition coefficient (Wildman–Crippen LogP) is 3.00. The molecule has 5 heteroatoms. The minimum absolute atomic E-state index is 0.502. The summed E-state index contributed by atoms with van der Waals surface area (Å²) in [7, 11) is 0. The molecule has 0 aliphatic carbocycles. The van der Waals surface area contributed by atoms with Crippen molar-refractivity contribution in [3.8, 4) is 0 Å². The minimum Gasteiger partial charge on any atom is -0.376 e. The summed E-state index contributed by atoms with van der Waals surface area (Å²) in [6.07, 6.45) is -2.61. The molecule has 0 bridgehead atoms. The normalized spacial score (nSPS) is 11.5. The Bertz CT molecular complexity index is 359. The molecule has 1 rings (SSSR count). The average Bonchev–Trinajstić information content (AvgIpc) is 2.33. The standard InChI is InChI=1S/C13H16F3NO/c1-2-8-18-9-7-17-10-11-3-5-12(6-4-11)13(14,15)16/h2-6,17H,1,7-10H2. The lowest BCUT2D eigenvalue weighted by Gasteiger charge is -2.08. The van der Waals surface area contributed by atoms with E-state index in [1.54, 1.807) is 6.08 Å². The first-order chi connectivity index (χ1) is 8.54. The lowest BCUT2D eigenvalue weighted by atomic mass is 10.1. The molecule has 0 spiro atoms. The number of hydrogen-bond acceptors (Lipinski definition) is 2. The summed E-state index contributed by atoms with van der Waals surface area (Å²) < 4.78 is 42.1. The van der Waals surface area contributed by atoms with Crippen LogP contribution in [0.25, 0.3) is 0 Å². The molecule has 0 amide bonds. The van der Waals surface area contributed by atoms with Crippen LogP contribution in [0.2, 0.25) is 0 Å². The third kappa shape index (κ3) is 5.33. The number of benzene rings is 1. The van der Waals surface area contributed by atoms with Gasteiger partial charge in [-0.05, 0) is 17.7 Å². The van der Waals surface area contributed by atoms with Crippen LogP contribution in [-0.4, -0.2) is 19.8 Å². The third-order valence-electron chi connectivity index (χ3n) is 2.27. The number of nitrogens with one attached hydrogen (secondary N) is 1. The van der Waals surface area contributed by atoms with E-state index in [0.29, 0.717) is 26.3 Å². The largest absolute Gasteiger partial charge is 0.416 e. The van der Waals surface area contributed by atoms with E-state index in [1.165, 1.54) is 12.1 Å². The molecule has 0 atom stereocenters. The minimum atomic E-state index is -4.27. The first-order valence-corrected chi connectivity index (χ1v) is 5.59. The monoisotopic (exact) mass is 259 g/mol. The molecule has 0 aliphatic rings. The van der Waals surface area contributed by atoms with Gasteiger partial charge in [0.25, 0.3) is 0 Å². The van der Waals surface area contributed by atoms with Gasteiger partial charge in [-0.15, -0.1) is 6.58 Å². The molecule has 1 aromatic rings. The van der Waals surface area contributed by atoms with E-state index in [4.69, 9.17) is 4.74 Å². The Balaban J connectivity index is 2.29. The lowest BCUT2D eigenvalue weighted by Crippen LogP contribution is -2.19. The molecular weight excluding hydrogens is 243 g/mol. The van der Waals surface area contributed by atoms with Crippen LogP contribution in [0.5, 0.6) is 0 Å². The van der Waals surface area contributed by atoms with Crippen molar-refractivity contribution in [2.75, 3.05) is 19.8 Å². The zero-order valence-corrected chi connectivity index (χ0v) is 9.96. The van der Waals surface area contributed by atoms with Gasteiger partial charge in [0.05, 0.1) is 18.8 Å². The second-order valence-corrected chi connectivity index (χ2v) is 3.74. The van der Waals surface area contributed by atoms with Crippen molar-refractivity contribution in [3.63, 3.8) is 0 Å². The highest BCUT2D eigenvalue weighted by Crippen LogP contribution is 2.28. The molecule has 0 unspecified atom stereocenters. The second-order valence-electron chi connectivity index (χ2n) is 3.74. The van der Waals surface area contributed by atoms with E-state index in [1.807, 2.05) is 0 Å². The third-order valence-corrected chi connectivity index (χ3v) is 2.27. The van der Waals surface area contributed by atoms with Gasteiger partial charge in [-0.1, -0.05) is 18.2 Å². The number of ether oxygens (including phenoxy) is 1. The number of hydrogen-bond donors (Lipinski definition) is 1. The van der Waals surface area contributed by atoms with Crippen LogP contribution < -0.4 is 5.32 Å². The van der Waals surface area contributed by atoms with Crippen molar-refractivity contribution < 1.29 is 17.9 Å². The van der Waals surface area contributed by atoms with Crippen molar-refractivity contribution in [2.45, 2.75) is 12.7 Å². The van der Waals surface area contributed by atoms with E-state index in [2.05, 4.69) is 11.9 Å². The molecule has 1 N–H and O–H groups in total. The lowest BCUT2D eigenvalue weighted by molar-refractivity contribution is -0.137. The molecule has 2 nitrogen and oxygen atoms in total. The van der Waals surface area contributed by atoms with E-state index in [0.717, 1.165) is 17.7 Å². The van der Waals surface area contributed by atoms with Gasteiger partial charge in [0.2, 0.25) is 0 Å². The fourth-order valence-corrected chi connectivity index (χ4v) is 1.36. The molecule has 0 aliphatic heterocycles. The van der Waals surface area contributed by atoms with Gasteiger partial charge in [-0.25, -0.2) is 0 Å². The van der Waals surface area contributed by atoms with E-state index < -0.39 is 11.7 Å². The molecule has 0 aromatic heterocycles. The maximum absolute atomic E-state index is 12.3. The smallest absolute Gasteiger partial charge is 0.376 e. The van der Waals surface area contributed by atoms with Gasteiger partial charge in [0.1, 0.15) is 0 Å². The Morgan fingerprint density at radius 3 is 2.44 bits per heavy atom. The molecule has 100 valence electrons. The van der Waals surface area contributed by atoms with Crippen molar-refractivity contribution in [1.29, 1.82) is 0 Å². The zero-order valence-electron chi connectivity index (χ0n) is 9.96. The molecule has 0 heterocycles. The molecule has 1 aromatic carbocycles. The van der Waals surface area contributed by atoms with Gasteiger partial charge >= 0.3 is 6.18 Å². The van der Waals surface area contributed by atoms with Crippen LogP contribution in [-0.2, 0) is 17.5 Å². The van der Waals surface area contributed by atoms with Crippen LogP contribution in [0.15, 0.2) is 36.9 Å². The van der Waals surface area contributed by atoms with Gasteiger partial charge in [0, 0.05) is 13.1 Å². The maximum atomic E-state index is 12.3. The van der Waals surface area contributed by atoms with Gasteiger partial charge in [0.15, 0.2) is 0 Å². The molecule has 0 saturated heterocycles. The number of alkyl halides is 3. The molecule has 0 saturated carbocycles. The molecule has 0 radical (unpaired) electrons. The van der Waals surface area contributed by atoms with Crippen molar-refractivity contribution in [2.24, 2.45) is 0 Å². The summed E-state index contributed by atoms with van der Waals surface area (Å²) in [5.74, 6) is 0. The van der Waals surface area contributed by atoms with Gasteiger partial charge < -0.3 is 10.1 Å². The van der Waals surface area contributed by atoms with Crippen LogP contribution >= 0.6 is 0 Å². The van der Waals surface area contributed by atoms with Crippen LogP contribution in [0.1, 0.15) is 11.1 Å². The molecule has 0 fully saturated rings. The number of rotatable bonds is 7. The second kappa shape index (κ2) is 7.18. The summed E-state index contributed by atoms with van der Waals surface area (Å²) in [4.78, 5) is 0. The maximum Gasteiger partial charge on any atom is 0.416 e. The Kier molecular flexibility index (Phi) is 5.88. The predicted molar refractivity (Wildman–Crippen MR) is 64.2 cm³/mol. The SMILES string of the molecule is C=CCOCCNCc1ccc(C(F)(F)F)cc1. The Hall–Kier alpha value is -1.33. The Morgan fingerprint density at radius 1 is 1.22 bits per heavy atom. The van der Waals surface area contributed by atoms with Crippen LogP contribution in [0.3, 0.4) is 0 Å². The topological polar surface area (TPSA) is 21.3 Å². The van der Waals surface area contributed by atoms with E-state index >= 15 is 0 Å². The summed E-state index contributed by atoms with van der Waals surface area (Å²) in [5.41, 5.74) is 0.187. The summed E-state index contributed by atoms with van der Waals surface area (Å²) in [6.45, 7) is 5.74. The number of halogens is 3.